The highest BCUT2D eigenvalue weighted by Gasteiger charge is 2.23. The van der Waals surface area contributed by atoms with Gasteiger partial charge in [0.1, 0.15) is 12.4 Å². The molecule has 0 aliphatic carbocycles. The van der Waals surface area contributed by atoms with Crippen LogP contribution < -0.4 is 0 Å². The Kier molecular flexibility index (Phi) is 3.89. The summed E-state index contributed by atoms with van der Waals surface area (Å²) in [6.07, 6.45) is 4.39. The van der Waals surface area contributed by atoms with Crippen molar-refractivity contribution in [3.05, 3.63) is 52.0 Å². The first-order chi connectivity index (χ1) is 11.7. The maximum atomic E-state index is 12.7. The average Bonchev–Trinajstić information content (AvgIpc) is 3.28. The molecule has 4 rings (SSSR count). The lowest BCUT2D eigenvalue weighted by Crippen LogP contribution is -2.33. The number of carbonyl (C=O) groups is 1. The summed E-state index contributed by atoms with van der Waals surface area (Å²) in [6.45, 7) is 4.67. The topological polar surface area (TPSA) is 68.8 Å². The van der Waals surface area contributed by atoms with E-state index in [0.29, 0.717) is 19.6 Å². The van der Waals surface area contributed by atoms with Crippen molar-refractivity contribution in [2.24, 2.45) is 0 Å². The summed E-state index contributed by atoms with van der Waals surface area (Å²) in [5.74, 6) is 1.94. The maximum Gasteiger partial charge on any atom is 0.264 e. The largest absolute Gasteiger partial charge is 0.336 e. The molecule has 0 saturated heterocycles. The zero-order chi connectivity index (χ0) is 16.5. The van der Waals surface area contributed by atoms with Crippen LogP contribution in [0.15, 0.2) is 29.9 Å². The normalized spacial score (nSPS) is 14.5. The minimum absolute atomic E-state index is 0.112. The Morgan fingerprint density at radius 2 is 2.21 bits per heavy atom. The van der Waals surface area contributed by atoms with E-state index in [1.54, 1.807) is 6.20 Å². The Hall–Kier alpha value is -2.48. The first kappa shape index (κ1) is 15.1. The molecule has 0 bridgehead atoms. The zero-order valence-electron chi connectivity index (χ0n) is 13.4. The fraction of sp³-hybridized carbons (Fsp3) is 0.375. The Labute approximate surface area is 143 Å². The highest BCUT2D eigenvalue weighted by Crippen LogP contribution is 2.18. The van der Waals surface area contributed by atoms with Gasteiger partial charge in [0, 0.05) is 38.4 Å². The Morgan fingerprint density at radius 1 is 1.29 bits per heavy atom. The van der Waals surface area contributed by atoms with E-state index in [9.17, 15) is 4.79 Å². The molecule has 4 heterocycles. The standard InChI is InChI=1S/C16H18N6OS/c1-12-9-13(24-11-12)16(23)20-6-3-14-18-19-15(22(14)8-7-20)10-21-5-2-4-17-21/h2,4-5,9,11H,3,6-8,10H2,1H3. The quantitative estimate of drug-likeness (QED) is 0.725. The van der Waals surface area contributed by atoms with Gasteiger partial charge in [0.05, 0.1) is 4.88 Å². The number of fused-ring (bicyclic) bond motifs is 1. The van der Waals surface area contributed by atoms with Crippen molar-refractivity contribution < 1.29 is 4.79 Å². The van der Waals surface area contributed by atoms with Gasteiger partial charge in [-0.15, -0.1) is 21.5 Å². The van der Waals surface area contributed by atoms with E-state index in [-0.39, 0.29) is 5.91 Å². The van der Waals surface area contributed by atoms with Gasteiger partial charge in [-0.1, -0.05) is 0 Å². The molecular formula is C16H18N6OS. The number of carbonyl (C=O) groups excluding carboxylic acids is 1. The lowest BCUT2D eigenvalue weighted by atomic mass is 10.3. The molecule has 3 aromatic rings. The first-order valence-corrected chi connectivity index (χ1v) is 8.81. The second-order valence-electron chi connectivity index (χ2n) is 5.92. The van der Waals surface area contributed by atoms with Gasteiger partial charge in [-0.2, -0.15) is 5.10 Å². The number of aryl methyl sites for hydroxylation is 1. The molecule has 0 fully saturated rings. The Balaban J connectivity index is 1.50. The molecule has 0 saturated carbocycles. The van der Waals surface area contributed by atoms with Crippen molar-refractivity contribution in [3.63, 3.8) is 0 Å². The third-order valence-electron chi connectivity index (χ3n) is 4.19. The molecule has 1 aliphatic heterocycles. The smallest absolute Gasteiger partial charge is 0.264 e. The Morgan fingerprint density at radius 3 is 2.96 bits per heavy atom. The van der Waals surface area contributed by atoms with E-state index < -0.39 is 0 Å². The van der Waals surface area contributed by atoms with E-state index in [4.69, 9.17) is 0 Å². The van der Waals surface area contributed by atoms with Gasteiger partial charge >= 0.3 is 0 Å². The number of hydrogen-bond donors (Lipinski definition) is 0. The molecule has 7 nitrogen and oxygen atoms in total. The summed E-state index contributed by atoms with van der Waals surface area (Å²) < 4.78 is 3.95. The van der Waals surface area contributed by atoms with Crippen LogP contribution in [0.5, 0.6) is 0 Å². The SMILES string of the molecule is Cc1csc(C(=O)N2CCc3nnc(Cn4cccn4)n3CC2)c1. The van der Waals surface area contributed by atoms with Crippen LogP contribution in [-0.2, 0) is 19.5 Å². The van der Waals surface area contributed by atoms with Gasteiger partial charge < -0.3 is 9.47 Å². The summed E-state index contributed by atoms with van der Waals surface area (Å²) in [4.78, 5) is 15.4. The summed E-state index contributed by atoms with van der Waals surface area (Å²) >= 11 is 1.51. The first-order valence-electron chi connectivity index (χ1n) is 7.93. The average molecular weight is 342 g/mol. The van der Waals surface area contributed by atoms with Crippen LogP contribution in [0.25, 0.3) is 0 Å². The van der Waals surface area contributed by atoms with Gasteiger partial charge in [0.25, 0.3) is 5.91 Å². The predicted octanol–water partition coefficient (Wildman–Crippen LogP) is 1.59. The van der Waals surface area contributed by atoms with Crippen molar-refractivity contribution in [3.8, 4) is 0 Å². The van der Waals surface area contributed by atoms with E-state index in [1.807, 2.05) is 40.2 Å². The second kappa shape index (κ2) is 6.20. The van der Waals surface area contributed by atoms with Crippen molar-refractivity contribution in [2.45, 2.75) is 26.4 Å². The van der Waals surface area contributed by atoms with E-state index >= 15 is 0 Å². The van der Waals surface area contributed by atoms with Crippen LogP contribution in [0.2, 0.25) is 0 Å². The van der Waals surface area contributed by atoms with Crippen LogP contribution in [-0.4, -0.2) is 48.4 Å². The molecule has 0 N–H and O–H groups in total. The van der Waals surface area contributed by atoms with Crippen LogP contribution in [0.1, 0.15) is 26.9 Å². The van der Waals surface area contributed by atoms with Crippen LogP contribution in [0, 0.1) is 6.92 Å². The molecule has 1 aliphatic rings. The number of hydrogen-bond acceptors (Lipinski definition) is 5. The van der Waals surface area contributed by atoms with Crippen LogP contribution in [0.3, 0.4) is 0 Å². The molecule has 0 aromatic carbocycles. The fourth-order valence-corrected chi connectivity index (χ4v) is 3.81. The summed E-state index contributed by atoms with van der Waals surface area (Å²) in [6, 6.07) is 3.85. The number of aromatic nitrogens is 5. The molecule has 0 atom stereocenters. The zero-order valence-corrected chi connectivity index (χ0v) is 14.2. The van der Waals surface area contributed by atoms with Gasteiger partial charge in [0.2, 0.25) is 0 Å². The van der Waals surface area contributed by atoms with Gasteiger partial charge in [-0.3, -0.25) is 9.48 Å². The monoisotopic (exact) mass is 342 g/mol. The van der Waals surface area contributed by atoms with E-state index in [1.165, 1.54) is 11.3 Å². The molecule has 124 valence electrons. The molecular weight excluding hydrogens is 324 g/mol. The molecule has 24 heavy (non-hydrogen) atoms. The molecule has 8 heteroatoms. The van der Waals surface area contributed by atoms with Gasteiger partial charge in [-0.05, 0) is 30.0 Å². The lowest BCUT2D eigenvalue weighted by Gasteiger charge is -2.19. The molecule has 1 amide bonds. The van der Waals surface area contributed by atoms with Crippen molar-refractivity contribution in [1.82, 2.24) is 29.4 Å². The third-order valence-corrected chi connectivity index (χ3v) is 5.23. The minimum Gasteiger partial charge on any atom is -0.336 e. The molecule has 0 spiro atoms. The number of rotatable bonds is 3. The highest BCUT2D eigenvalue weighted by atomic mass is 32.1. The van der Waals surface area contributed by atoms with Crippen molar-refractivity contribution in [2.75, 3.05) is 13.1 Å². The summed E-state index contributed by atoms with van der Waals surface area (Å²) in [5.41, 5.74) is 1.14. The molecule has 0 radical (unpaired) electrons. The number of nitrogens with zero attached hydrogens (tertiary/aromatic N) is 6. The van der Waals surface area contributed by atoms with Crippen LogP contribution >= 0.6 is 11.3 Å². The highest BCUT2D eigenvalue weighted by molar-refractivity contribution is 7.12. The predicted molar refractivity (Wildman–Crippen MR) is 90.0 cm³/mol. The minimum atomic E-state index is 0.112. The van der Waals surface area contributed by atoms with Crippen molar-refractivity contribution in [1.29, 1.82) is 0 Å². The Bertz CT molecular complexity index is 850. The second-order valence-corrected chi connectivity index (χ2v) is 6.83. The van der Waals surface area contributed by atoms with Gasteiger partial charge in [0.15, 0.2) is 5.82 Å². The maximum absolute atomic E-state index is 12.7. The van der Waals surface area contributed by atoms with Crippen LogP contribution in [0.4, 0.5) is 0 Å². The summed E-state index contributed by atoms with van der Waals surface area (Å²) in [7, 11) is 0. The van der Waals surface area contributed by atoms with E-state index in [2.05, 4.69) is 19.9 Å². The van der Waals surface area contributed by atoms with Crippen molar-refractivity contribution >= 4 is 17.2 Å². The summed E-state index contributed by atoms with van der Waals surface area (Å²) in [5, 5.41) is 14.8. The number of thiophene rings is 1. The third kappa shape index (κ3) is 2.84. The number of amides is 1. The molecule has 0 unspecified atom stereocenters. The fourth-order valence-electron chi connectivity index (χ4n) is 2.94. The lowest BCUT2D eigenvalue weighted by molar-refractivity contribution is 0.0763. The molecule has 3 aromatic heterocycles. The van der Waals surface area contributed by atoms with E-state index in [0.717, 1.165) is 35.1 Å². The van der Waals surface area contributed by atoms with Gasteiger partial charge in [-0.25, -0.2) is 0 Å².